The molecule has 1 aromatic carbocycles. The second-order valence-electron chi connectivity index (χ2n) is 4.91. The fourth-order valence-corrected chi connectivity index (χ4v) is 2.35. The molecule has 20 heavy (non-hydrogen) atoms. The van der Waals surface area contributed by atoms with E-state index in [0.29, 0.717) is 6.54 Å². The minimum Gasteiger partial charge on any atom is -0.365 e. The summed E-state index contributed by atoms with van der Waals surface area (Å²) in [4.78, 5) is 11.5. The Morgan fingerprint density at radius 2 is 2.05 bits per heavy atom. The smallest absolute Gasteiger partial charge is 0.143 e. The Kier molecular flexibility index (Phi) is 3.10. The average Bonchev–Trinajstić information content (AvgIpc) is 2.78. The van der Waals surface area contributed by atoms with Gasteiger partial charge in [-0.3, -0.25) is 0 Å². The van der Waals surface area contributed by atoms with Crippen molar-refractivity contribution in [1.82, 2.24) is 15.0 Å². The van der Waals surface area contributed by atoms with Crippen LogP contribution in [-0.2, 0) is 6.54 Å². The molecule has 102 valence electrons. The summed E-state index contributed by atoms with van der Waals surface area (Å²) in [6, 6.07) is 5.00. The third kappa shape index (κ3) is 2.34. The van der Waals surface area contributed by atoms with Crippen molar-refractivity contribution in [2.45, 2.75) is 20.4 Å². The summed E-state index contributed by atoms with van der Waals surface area (Å²) in [5.74, 6) is 0.545. The molecule has 0 unspecified atom stereocenters. The molecule has 3 aromatic rings. The van der Waals surface area contributed by atoms with Crippen LogP contribution in [0.2, 0.25) is 0 Å². The van der Waals surface area contributed by atoms with E-state index in [1.807, 2.05) is 26.1 Å². The van der Waals surface area contributed by atoms with Crippen LogP contribution in [0.4, 0.5) is 10.2 Å². The van der Waals surface area contributed by atoms with Crippen LogP contribution in [0.25, 0.3) is 11.0 Å². The van der Waals surface area contributed by atoms with Crippen LogP contribution in [0.3, 0.4) is 0 Å². The Morgan fingerprint density at radius 3 is 2.85 bits per heavy atom. The molecule has 3 rings (SSSR count). The Labute approximate surface area is 116 Å². The Bertz CT molecular complexity index is 743. The first-order valence-electron chi connectivity index (χ1n) is 6.42. The van der Waals surface area contributed by atoms with E-state index in [1.54, 1.807) is 0 Å². The SMILES string of the molecule is Cc1cc(F)cc(CNc2ncnc3[nH]cc(C)c23)c1. The molecule has 2 heterocycles. The zero-order valence-corrected chi connectivity index (χ0v) is 11.4. The first-order chi connectivity index (χ1) is 9.63. The Morgan fingerprint density at radius 1 is 1.20 bits per heavy atom. The zero-order chi connectivity index (χ0) is 14.1. The normalized spacial score (nSPS) is 10.9. The average molecular weight is 270 g/mol. The second kappa shape index (κ2) is 4.92. The van der Waals surface area contributed by atoms with Gasteiger partial charge in [0.1, 0.15) is 23.6 Å². The van der Waals surface area contributed by atoms with E-state index < -0.39 is 0 Å². The number of aromatic nitrogens is 3. The van der Waals surface area contributed by atoms with E-state index in [-0.39, 0.29) is 5.82 Å². The van der Waals surface area contributed by atoms with Gasteiger partial charge >= 0.3 is 0 Å². The number of hydrogen-bond acceptors (Lipinski definition) is 3. The van der Waals surface area contributed by atoms with Crippen LogP contribution in [0.1, 0.15) is 16.7 Å². The molecule has 0 amide bonds. The van der Waals surface area contributed by atoms with Gasteiger partial charge in [0, 0.05) is 12.7 Å². The van der Waals surface area contributed by atoms with Gasteiger partial charge in [-0.1, -0.05) is 6.07 Å². The highest BCUT2D eigenvalue weighted by Gasteiger charge is 2.08. The molecular weight excluding hydrogens is 255 g/mol. The van der Waals surface area contributed by atoms with Crippen LogP contribution >= 0.6 is 0 Å². The summed E-state index contributed by atoms with van der Waals surface area (Å²) < 4.78 is 13.4. The number of benzene rings is 1. The molecule has 0 radical (unpaired) electrons. The molecule has 0 saturated carbocycles. The lowest BCUT2D eigenvalue weighted by molar-refractivity contribution is 0.624. The van der Waals surface area contributed by atoms with Crippen molar-refractivity contribution >= 4 is 16.9 Å². The number of H-pyrrole nitrogens is 1. The molecule has 0 atom stereocenters. The number of hydrogen-bond donors (Lipinski definition) is 2. The maximum absolute atomic E-state index is 13.4. The van der Waals surface area contributed by atoms with Crippen molar-refractivity contribution in [2.24, 2.45) is 0 Å². The summed E-state index contributed by atoms with van der Waals surface area (Å²) in [6.07, 6.45) is 3.41. The number of aromatic amines is 1. The Hall–Kier alpha value is -2.43. The fraction of sp³-hybridized carbons (Fsp3) is 0.200. The summed E-state index contributed by atoms with van der Waals surface area (Å²) in [7, 11) is 0. The largest absolute Gasteiger partial charge is 0.365 e. The van der Waals surface area contributed by atoms with Gasteiger partial charge < -0.3 is 10.3 Å². The van der Waals surface area contributed by atoms with Gasteiger partial charge in [-0.05, 0) is 42.7 Å². The third-order valence-electron chi connectivity index (χ3n) is 3.23. The molecule has 5 heteroatoms. The topological polar surface area (TPSA) is 53.6 Å². The fourth-order valence-electron chi connectivity index (χ4n) is 2.35. The molecule has 4 nitrogen and oxygen atoms in total. The first-order valence-corrected chi connectivity index (χ1v) is 6.42. The molecule has 2 N–H and O–H groups in total. The van der Waals surface area contributed by atoms with Crippen molar-refractivity contribution in [3.05, 3.63) is 53.2 Å². The monoisotopic (exact) mass is 270 g/mol. The molecule has 0 spiro atoms. The molecule has 0 fully saturated rings. The van der Waals surface area contributed by atoms with Gasteiger partial charge in [0.2, 0.25) is 0 Å². The number of aryl methyl sites for hydroxylation is 2. The van der Waals surface area contributed by atoms with E-state index in [9.17, 15) is 4.39 Å². The maximum Gasteiger partial charge on any atom is 0.143 e. The van der Waals surface area contributed by atoms with Gasteiger partial charge in [0.05, 0.1) is 5.39 Å². The van der Waals surface area contributed by atoms with Crippen molar-refractivity contribution in [3.8, 4) is 0 Å². The van der Waals surface area contributed by atoms with Crippen LogP contribution in [0, 0.1) is 19.7 Å². The quantitative estimate of drug-likeness (QED) is 0.767. The highest BCUT2D eigenvalue weighted by molar-refractivity contribution is 5.89. The summed E-state index contributed by atoms with van der Waals surface area (Å²) in [6.45, 7) is 4.40. The number of anilines is 1. The lowest BCUT2D eigenvalue weighted by Gasteiger charge is -2.08. The lowest BCUT2D eigenvalue weighted by atomic mass is 10.1. The highest BCUT2D eigenvalue weighted by atomic mass is 19.1. The minimum atomic E-state index is -0.215. The first kappa shape index (κ1) is 12.6. The van der Waals surface area contributed by atoms with Gasteiger partial charge in [0.25, 0.3) is 0 Å². The van der Waals surface area contributed by atoms with Gasteiger partial charge in [-0.2, -0.15) is 0 Å². The minimum absolute atomic E-state index is 0.215. The van der Waals surface area contributed by atoms with E-state index in [1.165, 1.54) is 18.5 Å². The van der Waals surface area contributed by atoms with Crippen LogP contribution in [-0.4, -0.2) is 15.0 Å². The maximum atomic E-state index is 13.4. The van der Waals surface area contributed by atoms with Crippen LogP contribution in [0.15, 0.2) is 30.7 Å². The van der Waals surface area contributed by atoms with E-state index >= 15 is 0 Å². The number of halogens is 1. The van der Waals surface area contributed by atoms with Gasteiger partial charge in [-0.25, -0.2) is 14.4 Å². The summed E-state index contributed by atoms with van der Waals surface area (Å²) in [5.41, 5.74) is 3.68. The van der Waals surface area contributed by atoms with Crippen molar-refractivity contribution in [3.63, 3.8) is 0 Å². The molecule has 0 aliphatic heterocycles. The molecule has 2 aromatic heterocycles. The van der Waals surface area contributed by atoms with Crippen molar-refractivity contribution in [1.29, 1.82) is 0 Å². The third-order valence-corrected chi connectivity index (χ3v) is 3.23. The van der Waals surface area contributed by atoms with E-state index in [2.05, 4.69) is 20.3 Å². The number of nitrogens with one attached hydrogen (secondary N) is 2. The highest BCUT2D eigenvalue weighted by Crippen LogP contribution is 2.22. The van der Waals surface area contributed by atoms with Gasteiger partial charge in [0.15, 0.2) is 0 Å². The summed E-state index contributed by atoms with van der Waals surface area (Å²) in [5, 5.41) is 4.22. The Balaban J connectivity index is 1.88. The summed E-state index contributed by atoms with van der Waals surface area (Å²) >= 11 is 0. The zero-order valence-electron chi connectivity index (χ0n) is 11.4. The number of fused-ring (bicyclic) bond motifs is 1. The predicted molar refractivity (Wildman–Crippen MR) is 77.1 cm³/mol. The van der Waals surface area contributed by atoms with Crippen LogP contribution in [0.5, 0.6) is 0 Å². The van der Waals surface area contributed by atoms with E-state index in [4.69, 9.17) is 0 Å². The van der Waals surface area contributed by atoms with Crippen LogP contribution < -0.4 is 5.32 Å². The molecule has 0 bridgehead atoms. The van der Waals surface area contributed by atoms with E-state index in [0.717, 1.165) is 33.5 Å². The predicted octanol–water partition coefficient (Wildman–Crippen LogP) is 3.33. The van der Waals surface area contributed by atoms with Gasteiger partial charge in [-0.15, -0.1) is 0 Å². The number of nitrogens with zero attached hydrogens (tertiary/aromatic N) is 2. The molecule has 0 aliphatic rings. The molecule has 0 aliphatic carbocycles. The number of rotatable bonds is 3. The van der Waals surface area contributed by atoms with Crippen molar-refractivity contribution < 1.29 is 4.39 Å². The standard InChI is InChI=1S/C15H15FN4/c1-9-3-11(5-12(16)4-9)7-18-15-13-10(2)6-17-14(13)19-8-20-15/h3-6,8H,7H2,1-2H3,(H2,17,18,19,20). The molecular formula is C15H15FN4. The lowest BCUT2D eigenvalue weighted by Crippen LogP contribution is -2.03. The molecule has 0 saturated heterocycles. The van der Waals surface area contributed by atoms with Crippen molar-refractivity contribution in [2.75, 3.05) is 5.32 Å². The second-order valence-corrected chi connectivity index (χ2v) is 4.91.